The van der Waals surface area contributed by atoms with E-state index < -0.39 is 0 Å². The molecule has 142 valence electrons. The number of thiocarbonyl (C=S) groups is 2. The van der Waals surface area contributed by atoms with E-state index in [9.17, 15) is 0 Å². The van der Waals surface area contributed by atoms with E-state index in [0.717, 1.165) is 5.56 Å². The summed E-state index contributed by atoms with van der Waals surface area (Å²) in [5.41, 5.74) is 13.6. The molecule has 0 heterocycles. The van der Waals surface area contributed by atoms with Gasteiger partial charge in [0.25, 0.3) is 0 Å². The Bertz CT molecular complexity index is 988. The van der Waals surface area contributed by atoms with Gasteiger partial charge in [-0.1, -0.05) is 54.6 Å². The van der Waals surface area contributed by atoms with Crippen molar-refractivity contribution < 1.29 is 0 Å². The van der Waals surface area contributed by atoms with Crippen LogP contribution in [0.1, 0.15) is 16.7 Å². The Morgan fingerprint density at radius 3 is 2.07 bits per heavy atom. The van der Waals surface area contributed by atoms with Gasteiger partial charge in [-0.15, -0.1) is 0 Å². The van der Waals surface area contributed by atoms with Crippen LogP contribution in [0.2, 0.25) is 0 Å². The van der Waals surface area contributed by atoms with E-state index in [1.54, 1.807) is 12.1 Å². The molecule has 0 aliphatic rings. The van der Waals surface area contributed by atoms with Crippen LogP contribution < -0.4 is 22.1 Å². The van der Waals surface area contributed by atoms with Crippen LogP contribution in [-0.4, -0.2) is 10.2 Å². The fourth-order valence-electron chi connectivity index (χ4n) is 2.52. The van der Waals surface area contributed by atoms with Crippen LogP contribution in [0.3, 0.4) is 0 Å². The molecule has 0 atom stereocenters. The molecule has 28 heavy (non-hydrogen) atoms. The molecule has 6 N–H and O–H groups in total. The molecule has 3 aromatic rings. The minimum Gasteiger partial charge on any atom is -0.376 e. The van der Waals surface area contributed by atoms with Crippen molar-refractivity contribution in [3.05, 3.63) is 83.4 Å². The Kier molecular flexibility index (Phi) is 8.15. The van der Waals surface area contributed by atoms with E-state index in [2.05, 4.69) is 47.1 Å². The zero-order valence-electron chi connectivity index (χ0n) is 15.2. The highest BCUT2D eigenvalue weighted by atomic mass is 32.1. The molecule has 0 spiro atoms. The van der Waals surface area contributed by atoms with Crippen LogP contribution in [0, 0.1) is 11.3 Å². The van der Waals surface area contributed by atoms with Crippen molar-refractivity contribution in [1.29, 1.82) is 5.26 Å². The first-order valence-corrected chi connectivity index (χ1v) is 9.33. The van der Waals surface area contributed by atoms with E-state index in [1.807, 2.05) is 36.4 Å². The maximum atomic E-state index is 8.54. The maximum Gasteiger partial charge on any atom is 0.163 e. The normalized spacial score (nSPS) is 9.54. The predicted molar refractivity (Wildman–Crippen MR) is 122 cm³/mol. The molecule has 0 saturated heterocycles. The molecule has 0 saturated carbocycles. The van der Waals surface area contributed by atoms with Crippen LogP contribution >= 0.6 is 24.4 Å². The third kappa shape index (κ3) is 6.83. The van der Waals surface area contributed by atoms with Gasteiger partial charge in [-0.25, -0.2) is 0 Å². The second-order valence-corrected chi connectivity index (χ2v) is 6.76. The lowest BCUT2D eigenvalue weighted by atomic mass is 10.0. The number of nitrogens with two attached hydrogens (primary N) is 2. The highest BCUT2D eigenvalue weighted by Gasteiger charge is 1.99. The Hall–Kier alpha value is -3.21. The Morgan fingerprint density at radius 2 is 1.43 bits per heavy atom. The minimum absolute atomic E-state index is 0.282. The smallest absolute Gasteiger partial charge is 0.163 e. The number of rotatable bonds is 4. The summed E-state index contributed by atoms with van der Waals surface area (Å²) in [6.07, 6.45) is 0. The van der Waals surface area contributed by atoms with Gasteiger partial charge in [-0.3, -0.25) is 0 Å². The van der Waals surface area contributed by atoms with Crippen LogP contribution in [-0.2, 0) is 13.1 Å². The van der Waals surface area contributed by atoms with Crippen molar-refractivity contribution in [1.82, 2.24) is 10.6 Å². The summed E-state index contributed by atoms with van der Waals surface area (Å²) in [6, 6.07) is 23.8. The van der Waals surface area contributed by atoms with Gasteiger partial charge < -0.3 is 22.1 Å². The molecule has 0 aliphatic carbocycles. The van der Waals surface area contributed by atoms with Gasteiger partial charge >= 0.3 is 0 Å². The predicted octanol–water partition coefficient (Wildman–Crippen LogP) is 3.06. The molecule has 7 heteroatoms. The quantitative estimate of drug-likeness (QED) is 0.493. The third-order valence-corrected chi connectivity index (χ3v) is 4.17. The van der Waals surface area contributed by atoms with Gasteiger partial charge in [0.1, 0.15) is 0 Å². The topological polar surface area (TPSA) is 99.9 Å². The molecule has 0 unspecified atom stereocenters. The first-order valence-electron chi connectivity index (χ1n) is 8.52. The van der Waals surface area contributed by atoms with E-state index in [0.29, 0.717) is 23.8 Å². The SMILES string of the molecule is N#Cc1ccc(CNC(N)=S)cc1.NC(=S)NCc1cccc2ccccc12. The van der Waals surface area contributed by atoms with Gasteiger partial charge in [-0.2, -0.15) is 5.26 Å². The molecular weight excluding hydrogens is 386 g/mol. The van der Waals surface area contributed by atoms with Crippen LogP contribution in [0.25, 0.3) is 10.8 Å². The number of benzene rings is 3. The Morgan fingerprint density at radius 1 is 0.821 bits per heavy atom. The maximum absolute atomic E-state index is 8.54. The van der Waals surface area contributed by atoms with Crippen molar-refractivity contribution in [2.24, 2.45) is 11.5 Å². The van der Waals surface area contributed by atoms with Crippen molar-refractivity contribution in [2.45, 2.75) is 13.1 Å². The van der Waals surface area contributed by atoms with Gasteiger partial charge in [0, 0.05) is 13.1 Å². The number of hydrogen-bond donors (Lipinski definition) is 4. The largest absolute Gasteiger partial charge is 0.376 e. The summed E-state index contributed by atoms with van der Waals surface area (Å²) in [7, 11) is 0. The van der Waals surface area contributed by atoms with Crippen molar-refractivity contribution in [2.75, 3.05) is 0 Å². The second kappa shape index (κ2) is 10.8. The van der Waals surface area contributed by atoms with Gasteiger partial charge in [0.2, 0.25) is 0 Å². The van der Waals surface area contributed by atoms with Gasteiger partial charge in [0.15, 0.2) is 10.2 Å². The van der Waals surface area contributed by atoms with Gasteiger partial charge in [-0.05, 0) is 58.5 Å². The zero-order valence-corrected chi connectivity index (χ0v) is 16.8. The molecule has 0 fully saturated rings. The highest BCUT2D eigenvalue weighted by Crippen LogP contribution is 2.17. The number of fused-ring (bicyclic) bond motifs is 1. The molecule has 3 rings (SSSR count). The monoisotopic (exact) mass is 407 g/mol. The van der Waals surface area contributed by atoms with E-state index in [4.69, 9.17) is 28.9 Å². The molecule has 0 aliphatic heterocycles. The molecule has 5 nitrogen and oxygen atoms in total. The van der Waals surface area contributed by atoms with Crippen LogP contribution in [0.15, 0.2) is 66.7 Å². The molecular formula is C21H21N5S2. The van der Waals surface area contributed by atoms with E-state index in [1.165, 1.54) is 16.3 Å². The Labute approximate surface area is 175 Å². The first-order chi connectivity index (χ1) is 13.5. The number of nitrogens with one attached hydrogen (secondary N) is 2. The lowest BCUT2D eigenvalue weighted by molar-refractivity contribution is 0.920. The first kappa shape index (κ1) is 21.1. The molecule has 3 aromatic carbocycles. The lowest BCUT2D eigenvalue weighted by Gasteiger charge is -2.07. The molecule has 0 radical (unpaired) electrons. The van der Waals surface area contributed by atoms with Crippen LogP contribution in [0.5, 0.6) is 0 Å². The number of hydrogen-bond acceptors (Lipinski definition) is 3. The van der Waals surface area contributed by atoms with Crippen molar-refractivity contribution >= 4 is 45.4 Å². The Balaban J connectivity index is 0.000000203. The van der Waals surface area contributed by atoms with E-state index in [-0.39, 0.29) is 5.11 Å². The zero-order chi connectivity index (χ0) is 20.4. The summed E-state index contributed by atoms with van der Waals surface area (Å²) >= 11 is 9.44. The molecule has 0 amide bonds. The minimum atomic E-state index is 0.282. The summed E-state index contributed by atoms with van der Waals surface area (Å²) in [6.45, 7) is 1.28. The van der Waals surface area contributed by atoms with Crippen molar-refractivity contribution in [3.8, 4) is 6.07 Å². The standard InChI is InChI=1S/C12H12N2S.C9H9N3S/c13-12(15)14-8-10-6-3-5-9-4-1-2-7-11(9)10;10-5-7-1-3-8(4-2-7)6-12-9(11)13/h1-7H,8H2,(H3,13,14,15);1-4H,6H2,(H3,11,12,13). The second-order valence-electron chi connectivity index (χ2n) is 5.88. The summed E-state index contributed by atoms with van der Waals surface area (Å²) in [5, 5.41) is 17.4. The average Bonchev–Trinajstić information content (AvgIpc) is 2.71. The van der Waals surface area contributed by atoms with E-state index >= 15 is 0 Å². The van der Waals surface area contributed by atoms with Crippen LogP contribution in [0.4, 0.5) is 0 Å². The summed E-state index contributed by atoms with van der Waals surface area (Å²) in [5.74, 6) is 0. The average molecular weight is 408 g/mol. The lowest BCUT2D eigenvalue weighted by Crippen LogP contribution is -2.28. The molecule has 0 aromatic heterocycles. The summed E-state index contributed by atoms with van der Waals surface area (Å²) in [4.78, 5) is 0. The van der Waals surface area contributed by atoms with Gasteiger partial charge in [0.05, 0.1) is 11.6 Å². The molecule has 0 bridgehead atoms. The highest BCUT2D eigenvalue weighted by molar-refractivity contribution is 7.80. The summed E-state index contributed by atoms with van der Waals surface area (Å²) < 4.78 is 0. The fourth-order valence-corrected chi connectivity index (χ4v) is 2.66. The van der Waals surface area contributed by atoms with Crippen molar-refractivity contribution in [3.63, 3.8) is 0 Å². The number of nitrogens with zero attached hydrogens (tertiary/aromatic N) is 1. The number of nitriles is 1. The third-order valence-electron chi connectivity index (χ3n) is 3.88. The fraction of sp³-hybridized carbons (Fsp3) is 0.0952.